The fourth-order valence-electron chi connectivity index (χ4n) is 2.74. The van der Waals surface area contributed by atoms with Crippen LogP contribution in [-0.2, 0) is 16.0 Å². The van der Waals surface area contributed by atoms with Crippen molar-refractivity contribution in [1.82, 2.24) is 15.4 Å². The molecule has 2 heterocycles. The number of carbonyl (C=O) groups is 1. The molecule has 2 aromatic carbocycles. The number of esters is 1. The molecule has 4 rings (SSSR count). The highest BCUT2D eigenvalue weighted by molar-refractivity contribution is 5.84. The van der Waals surface area contributed by atoms with Crippen LogP contribution in [0.2, 0.25) is 0 Å². The van der Waals surface area contributed by atoms with Crippen molar-refractivity contribution in [2.24, 2.45) is 0 Å². The van der Waals surface area contributed by atoms with Crippen LogP contribution in [0.5, 0.6) is 5.75 Å². The van der Waals surface area contributed by atoms with Gasteiger partial charge in [0, 0.05) is 10.9 Å². The Balaban J connectivity index is 1.42. The van der Waals surface area contributed by atoms with Crippen molar-refractivity contribution in [1.29, 1.82) is 0 Å². The predicted molar refractivity (Wildman–Crippen MR) is 98.5 cm³/mol. The molecule has 142 valence electrons. The number of para-hydroxylation sites is 1. The van der Waals surface area contributed by atoms with Gasteiger partial charge in [0.05, 0.1) is 13.5 Å². The molecule has 0 saturated heterocycles. The van der Waals surface area contributed by atoms with Crippen LogP contribution in [-0.4, -0.2) is 28.4 Å². The highest BCUT2D eigenvalue weighted by Gasteiger charge is 2.21. The number of nitrogens with zero attached hydrogens (tertiary/aromatic N) is 3. The van der Waals surface area contributed by atoms with E-state index in [0.29, 0.717) is 17.2 Å². The molecule has 2 aromatic heterocycles. The Morgan fingerprint density at radius 2 is 1.89 bits per heavy atom. The molecule has 1 atom stereocenters. The van der Waals surface area contributed by atoms with Crippen LogP contribution in [0.3, 0.4) is 0 Å². The molecule has 0 amide bonds. The molecular formula is C20H17N3O5. The third-order valence-electron chi connectivity index (χ3n) is 4.20. The molecule has 4 aromatic rings. The van der Waals surface area contributed by atoms with Crippen molar-refractivity contribution in [3.63, 3.8) is 0 Å². The normalized spacial score (nSPS) is 12.1. The van der Waals surface area contributed by atoms with Gasteiger partial charge in [0.25, 0.3) is 5.89 Å². The largest absolute Gasteiger partial charge is 0.497 e. The maximum absolute atomic E-state index is 12.3. The molecular weight excluding hydrogens is 362 g/mol. The number of hydrogen-bond acceptors (Lipinski definition) is 8. The summed E-state index contributed by atoms with van der Waals surface area (Å²) in [6.07, 6.45) is -0.703. The summed E-state index contributed by atoms with van der Waals surface area (Å²) in [7, 11) is 1.59. The first-order valence-electron chi connectivity index (χ1n) is 8.64. The van der Waals surface area contributed by atoms with Crippen LogP contribution in [0.1, 0.15) is 24.6 Å². The van der Waals surface area contributed by atoms with Crippen molar-refractivity contribution in [3.8, 4) is 17.2 Å². The average molecular weight is 379 g/mol. The average Bonchev–Trinajstić information content (AvgIpc) is 3.36. The van der Waals surface area contributed by atoms with Gasteiger partial charge in [-0.2, -0.15) is 0 Å². The summed E-state index contributed by atoms with van der Waals surface area (Å²) in [6.45, 7) is 1.67. The molecule has 0 N–H and O–H groups in total. The van der Waals surface area contributed by atoms with Crippen LogP contribution >= 0.6 is 0 Å². The van der Waals surface area contributed by atoms with E-state index >= 15 is 0 Å². The monoisotopic (exact) mass is 379 g/mol. The van der Waals surface area contributed by atoms with Gasteiger partial charge in [-0.1, -0.05) is 17.3 Å². The maximum atomic E-state index is 12.3. The number of rotatable bonds is 6. The molecule has 0 saturated carbocycles. The Kier molecular flexibility index (Phi) is 4.76. The molecule has 8 heteroatoms. The molecule has 0 radical (unpaired) electrons. The third-order valence-corrected chi connectivity index (χ3v) is 4.20. The summed E-state index contributed by atoms with van der Waals surface area (Å²) in [5, 5.41) is 12.7. The predicted octanol–water partition coefficient (Wildman–Crippen LogP) is 3.73. The van der Waals surface area contributed by atoms with Gasteiger partial charge in [-0.3, -0.25) is 4.79 Å². The van der Waals surface area contributed by atoms with Gasteiger partial charge in [0.2, 0.25) is 5.89 Å². The van der Waals surface area contributed by atoms with E-state index in [1.165, 1.54) is 0 Å². The van der Waals surface area contributed by atoms with Crippen LogP contribution in [0.15, 0.2) is 57.5 Å². The second-order valence-electron chi connectivity index (χ2n) is 6.11. The van der Waals surface area contributed by atoms with Crippen molar-refractivity contribution < 1.29 is 23.2 Å². The third kappa shape index (κ3) is 3.57. The minimum absolute atomic E-state index is 0.0131. The number of aromatic nitrogens is 3. The summed E-state index contributed by atoms with van der Waals surface area (Å²) in [5.74, 6) is 0.814. The highest BCUT2D eigenvalue weighted by atomic mass is 16.6. The van der Waals surface area contributed by atoms with E-state index in [0.717, 1.165) is 16.7 Å². The zero-order chi connectivity index (χ0) is 19.5. The molecule has 8 nitrogen and oxygen atoms in total. The number of ether oxygens (including phenoxy) is 2. The molecule has 0 unspecified atom stereocenters. The number of carbonyl (C=O) groups excluding carboxylic acids is 1. The number of fused-ring (bicyclic) bond motifs is 1. The Bertz CT molecular complexity index is 1100. The van der Waals surface area contributed by atoms with Crippen LogP contribution in [0.25, 0.3) is 22.4 Å². The first-order chi connectivity index (χ1) is 13.6. The minimum Gasteiger partial charge on any atom is -0.497 e. The zero-order valence-electron chi connectivity index (χ0n) is 15.3. The van der Waals surface area contributed by atoms with Crippen molar-refractivity contribution >= 4 is 16.9 Å². The van der Waals surface area contributed by atoms with Crippen molar-refractivity contribution in [3.05, 3.63) is 60.1 Å². The summed E-state index contributed by atoms with van der Waals surface area (Å²) in [5.41, 5.74) is 1.89. The van der Waals surface area contributed by atoms with Crippen LogP contribution in [0, 0.1) is 0 Å². The summed E-state index contributed by atoms with van der Waals surface area (Å²) in [6, 6.07) is 14.5. The fraction of sp³-hybridized carbons (Fsp3) is 0.200. The lowest BCUT2D eigenvalue weighted by Gasteiger charge is -2.08. The number of methoxy groups -OCH3 is 1. The molecule has 0 fully saturated rings. The lowest BCUT2D eigenvalue weighted by atomic mass is 10.2. The van der Waals surface area contributed by atoms with Crippen molar-refractivity contribution in [2.75, 3.05) is 7.11 Å². The molecule has 0 aliphatic carbocycles. The van der Waals surface area contributed by atoms with E-state index in [9.17, 15) is 4.79 Å². The van der Waals surface area contributed by atoms with Gasteiger partial charge in [-0.15, -0.1) is 10.2 Å². The van der Waals surface area contributed by atoms with Gasteiger partial charge >= 0.3 is 5.97 Å². The Morgan fingerprint density at radius 1 is 1.11 bits per heavy atom. The summed E-state index contributed by atoms with van der Waals surface area (Å²) in [4.78, 5) is 12.3. The first-order valence-corrected chi connectivity index (χ1v) is 8.64. The SMILES string of the molecule is COc1ccc(-c2nnc([C@H](C)OC(=O)Cc3noc4ccccc34)o2)cc1. The van der Waals surface area contributed by atoms with E-state index in [1.807, 2.05) is 30.3 Å². The Labute approximate surface area is 160 Å². The van der Waals surface area contributed by atoms with E-state index in [2.05, 4.69) is 15.4 Å². The topological polar surface area (TPSA) is 100 Å². The Morgan fingerprint density at radius 3 is 2.68 bits per heavy atom. The second-order valence-corrected chi connectivity index (χ2v) is 6.11. The van der Waals surface area contributed by atoms with Gasteiger partial charge in [0.15, 0.2) is 11.7 Å². The fourth-order valence-corrected chi connectivity index (χ4v) is 2.74. The smallest absolute Gasteiger partial charge is 0.312 e. The van der Waals surface area contributed by atoms with E-state index in [-0.39, 0.29) is 12.3 Å². The summed E-state index contributed by atoms with van der Waals surface area (Å²) >= 11 is 0. The standard InChI is InChI=1S/C20H17N3O5/c1-12(19-21-22-20(27-19)13-7-9-14(25-2)10-8-13)26-18(24)11-16-15-5-3-4-6-17(15)28-23-16/h3-10,12H,11H2,1-2H3/t12-/m0/s1. The van der Waals surface area contributed by atoms with Gasteiger partial charge in [-0.25, -0.2) is 0 Å². The Hall–Kier alpha value is -3.68. The zero-order valence-corrected chi connectivity index (χ0v) is 15.3. The lowest BCUT2D eigenvalue weighted by molar-refractivity contribution is -0.148. The van der Waals surface area contributed by atoms with Crippen LogP contribution < -0.4 is 4.74 Å². The lowest BCUT2D eigenvalue weighted by Crippen LogP contribution is -2.12. The van der Waals surface area contributed by atoms with Gasteiger partial charge < -0.3 is 18.4 Å². The van der Waals surface area contributed by atoms with E-state index in [4.69, 9.17) is 18.4 Å². The quantitative estimate of drug-likeness (QED) is 0.467. The van der Waals surface area contributed by atoms with Crippen LogP contribution in [0.4, 0.5) is 0 Å². The maximum Gasteiger partial charge on any atom is 0.312 e. The molecule has 28 heavy (non-hydrogen) atoms. The molecule has 0 bridgehead atoms. The van der Waals surface area contributed by atoms with Gasteiger partial charge in [-0.05, 0) is 43.3 Å². The second kappa shape index (κ2) is 7.51. The first kappa shape index (κ1) is 17.7. The van der Waals surface area contributed by atoms with E-state index in [1.54, 1.807) is 32.2 Å². The number of benzene rings is 2. The van der Waals surface area contributed by atoms with E-state index < -0.39 is 12.1 Å². The molecule has 0 spiro atoms. The molecule has 0 aliphatic heterocycles. The van der Waals surface area contributed by atoms with Crippen molar-refractivity contribution in [2.45, 2.75) is 19.4 Å². The molecule has 0 aliphatic rings. The van der Waals surface area contributed by atoms with Gasteiger partial charge in [0.1, 0.15) is 11.4 Å². The highest BCUT2D eigenvalue weighted by Crippen LogP contribution is 2.25. The minimum atomic E-state index is -0.690. The summed E-state index contributed by atoms with van der Waals surface area (Å²) < 4.78 is 21.4. The number of hydrogen-bond donors (Lipinski definition) is 0.